The quantitative estimate of drug-likeness (QED) is 0.0712. The minimum atomic E-state index is -0.345. The number of rotatable bonds is 23. The van der Waals surface area contributed by atoms with Crippen molar-refractivity contribution in [3.8, 4) is 11.8 Å². The van der Waals surface area contributed by atoms with Crippen molar-refractivity contribution >= 4 is 44.4 Å². The number of esters is 1. The lowest BCUT2D eigenvalue weighted by molar-refractivity contribution is 0.0433. The van der Waals surface area contributed by atoms with Crippen molar-refractivity contribution < 1.29 is 14.3 Å². The van der Waals surface area contributed by atoms with Gasteiger partial charge in [-0.15, -0.1) is 20.5 Å². The molecule has 0 saturated heterocycles. The third-order valence-electron chi connectivity index (χ3n) is 9.92. The molecule has 0 aliphatic carbocycles. The molecule has 3 rings (SSSR count). The summed E-state index contributed by atoms with van der Waals surface area (Å²) >= 11 is 1.24. The van der Waals surface area contributed by atoms with Gasteiger partial charge in [-0.05, 0) is 79.5 Å². The molecule has 0 radical (unpaired) electrons. The number of unbranched alkanes of at least 4 members (excludes halogenated alkanes) is 2. The van der Waals surface area contributed by atoms with Crippen LogP contribution >= 0.6 is 11.3 Å². The standard InChI is InChI=1S/C42H60N6O3S/c1-9-15-17-32(13-5)27-48(28-33(14-6)18-16-10-2)38-23-30(7)37(25-39(38)50-8)45-47-41-35(26-43)24-40(52-41)46-44-36-21-19-34(20-22-36)42(49)51-29-31(11-3)12-4/h19-25,31-33H,9-18,27-29H2,1-8H3. The van der Waals surface area contributed by atoms with Crippen LogP contribution in [-0.4, -0.2) is 32.8 Å². The molecular weight excluding hydrogens is 669 g/mol. The summed E-state index contributed by atoms with van der Waals surface area (Å²) in [5, 5.41) is 28.6. The maximum Gasteiger partial charge on any atom is 0.338 e. The average molecular weight is 729 g/mol. The van der Waals surface area contributed by atoms with Gasteiger partial charge in [0.15, 0.2) is 5.00 Å². The van der Waals surface area contributed by atoms with E-state index in [-0.39, 0.29) is 5.97 Å². The van der Waals surface area contributed by atoms with Crippen molar-refractivity contribution in [3.05, 3.63) is 59.2 Å². The lowest BCUT2D eigenvalue weighted by atomic mass is 9.95. The van der Waals surface area contributed by atoms with Gasteiger partial charge in [0.05, 0.1) is 41.9 Å². The normalized spacial score (nSPS) is 12.8. The monoisotopic (exact) mass is 728 g/mol. The number of carbonyl (C=O) groups excluding carboxylic acids is 1. The summed E-state index contributed by atoms with van der Waals surface area (Å²) in [5.74, 6) is 2.04. The summed E-state index contributed by atoms with van der Waals surface area (Å²) in [7, 11) is 1.72. The number of methoxy groups -OCH3 is 1. The minimum absolute atomic E-state index is 0.345. The highest BCUT2D eigenvalue weighted by molar-refractivity contribution is 7.19. The predicted octanol–water partition coefficient (Wildman–Crippen LogP) is 13.6. The topological polar surface area (TPSA) is 112 Å². The van der Waals surface area contributed by atoms with Gasteiger partial charge in [0.1, 0.15) is 16.8 Å². The molecule has 10 heteroatoms. The molecule has 0 bridgehead atoms. The van der Waals surface area contributed by atoms with Crippen LogP contribution < -0.4 is 9.64 Å². The van der Waals surface area contributed by atoms with E-state index >= 15 is 0 Å². The van der Waals surface area contributed by atoms with E-state index in [0.29, 0.717) is 56.9 Å². The average Bonchev–Trinajstić information content (AvgIpc) is 3.58. The first kappa shape index (κ1) is 42.3. The number of thiophene rings is 1. The van der Waals surface area contributed by atoms with Crippen molar-refractivity contribution in [1.82, 2.24) is 0 Å². The van der Waals surface area contributed by atoms with E-state index in [4.69, 9.17) is 9.47 Å². The smallest absolute Gasteiger partial charge is 0.338 e. The van der Waals surface area contributed by atoms with Crippen molar-refractivity contribution in [1.29, 1.82) is 5.26 Å². The highest BCUT2D eigenvalue weighted by Crippen LogP contribution is 2.41. The maximum atomic E-state index is 12.4. The Morgan fingerprint density at radius 1 is 0.827 bits per heavy atom. The van der Waals surface area contributed by atoms with E-state index < -0.39 is 0 Å². The van der Waals surface area contributed by atoms with Crippen LogP contribution in [0, 0.1) is 36.0 Å². The summed E-state index contributed by atoms with van der Waals surface area (Å²) in [6.45, 7) is 17.8. The zero-order chi connectivity index (χ0) is 37.9. The molecule has 3 aromatic rings. The highest BCUT2D eigenvalue weighted by Gasteiger charge is 2.22. The highest BCUT2D eigenvalue weighted by atomic mass is 32.1. The molecule has 0 saturated carbocycles. The number of hydrogen-bond donors (Lipinski definition) is 0. The van der Waals surface area contributed by atoms with E-state index in [0.717, 1.165) is 55.8 Å². The Bertz CT molecular complexity index is 1610. The Labute approximate surface area is 316 Å². The summed E-state index contributed by atoms with van der Waals surface area (Å²) < 4.78 is 11.5. The number of nitriles is 1. The third-order valence-corrected chi connectivity index (χ3v) is 10.8. The van der Waals surface area contributed by atoms with Crippen LogP contribution in [0.25, 0.3) is 0 Å². The number of carbonyl (C=O) groups is 1. The first-order valence-corrected chi connectivity index (χ1v) is 20.1. The number of benzene rings is 2. The van der Waals surface area contributed by atoms with Crippen molar-refractivity contribution in [3.63, 3.8) is 0 Å². The summed E-state index contributed by atoms with van der Waals surface area (Å²) in [6, 6.07) is 14.8. The molecule has 282 valence electrons. The van der Waals surface area contributed by atoms with Crippen LogP contribution in [0.2, 0.25) is 0 Å². The molecular formula is C42H60N6O3S. The second kappa shape index (κ2) is 22.8. The Morgan fingerprint density at radius 2 is 1.44 bits per heavy atom. The van der Waals surface area contributed by atoms with Crippen LogP contribution in [0.15, 0.2) is 62.9 Å². The van der Waals surface area contributed by atoms with Crippen LogP contribution in [0.5, 0.6) is 5.75 Å². The van der Waals surface area contributed by atoms with Gasteiger partial charge in [-0.2, -0.15) is 5.26 Å². The molecule has 0 amide bonds. The van der Waals surface area contributed by atoms with E-state index in [9.17, 15) is 10.1 Å². The van der Waals surface area contributed by atoms with E-state index in [1.165, 1.54) is 49.9 Å². The molecule has 9 nitrogen and oxygen atoms in total. The number of nitrogens with zero attached hydrogens (tertiary/aromatic N) is 6. The summed E-state index contributed by atoms with van der Waals surface area (Å²) in [6.07, 6.45) is 11.6. The molecule has 0 spiro atoms. The van der Waals surface area contributed by atoms with Gasteiger partial charge in [-0.1, -0.05) is 104 Å². The number of aryl methyl sites for hydroxylation is 1. The van der Waals surface area contributed by atoms with Gasteiger partial charge in [-0.3, -0.25) is 0 Å². The summed E-state index contributed by atoms with van der Waals surface area (Å²) in [5.41, 5.74) is 4.21. The Kier molecular flexibility index (Phi) is 18.5. The number of ether oxygens (including phenoxy) is 2. The fourth-order valence-corrected chi connectivity index (χ4v) is 6.91. The molecule has 0 aliphatic rings. The minimum Gasteiger partial charge on any atom is -0.495 e. The SMILES string of the molecule is CCCCC(CC)CN(CC(CC)CCCC)c1cc(C)c(N=Nc2sc(N=Nc3ccc(C(=O)OCC(CC)CC)cc3)cc2C#N)cc1OC. The largest absolute Gasteiger partial charge is 0.495 e. The molecule has 0 aliphatic heterocycles. The molecule has 0 fully saturated rings. The lowest BCUT2D eigenvalue weighted by Crippen LogP contribution is -2.34. The zero-order valence-corrected chi connectivity index (χ0v) is 33.6. The van der Waals surface area contributed by atoms with E-state index in [2.05, 4.69) is 86.0 Å². The van der Waals surface area contributed by atoms with Gasteiger partial charge in [0.2, 0.25) is 0 Å². The number of anilines is 1. The predicted molar refractivity (Wildman–Crippen MR) is 215 cm³/mol. The molecule has 2 atom stereocenters. The van der Waals surface area contributed by atoms with Crippen LogP contribution in [-0.2, 0) is 4.74 Å². The second-order valence-corrected chi connectivity index (χ2v) is 14.7. The first-order chi connectivity index (χ1) is 25.2. The van der Waals surface area contributed by atoms with Gasteiger partial charge in [0, 0.05) is 19.2 Å². The van der Waals surface area contributed by atoms with Crippen molar-refractivity contribution in [2.75, 3.05) is 31.7 Å². The van der Waals surface area contributed by atoms with E-state index in [1.807, 2.05) is 6.07 Å². The van der Waals surface area contributed by atoms with Crippen molar-refractivity contribution in [2.24, 2.45) is 38.2 Å². The van der Waals surface area contributed by atoms with Gasteiger partial charge >= 0.3 is 5.97 Å². The molecule has 2 aromatic carbocycles. The molecule has 0 N–H and O–H groups in total. The third kappa shape index (κ3) is 12.8. The number of azo groups is 2. The first-order valence-electron chi connectivity index (χ1n) is 19.3. The number of hydrogen-bond acceptors (Lipinski definition) is 10. The zero-order valence-electron chi connectivity index (χ0n) is 32.8. The van der Waals surface area contributed by atoms with Gasteiger partial charge < -0.3 is 14.4 Å². The van der Waals surface area contributed by atoms with E-state index in [1.54, 1.807) is 37.4 Å². The Morgan fingerprint density at radius 3 is 1.98 bits per heavy atom. The molecule has 1 heterocycles. The second-order valence-electron chi connectivity index (χ2n) is 13.7. The maximum absolute atomic E-state index is 12.4. The van der Waals surface area contributed by atoms with Gasteiger partial charge in [0.25, 0.3) is 0 Å². The van der Waals surface area contributed by atoms with Crippen LogP contribution in [0.4, 0.5) is 27.1 Å². The fraction of sp³-hybridized carbons (Fsp3) is 0.571. The van der Waals surface area contributed by atoms with Crippen LogP contribution in [0.1, 0.15) is 127 Å². The Hall–Kier alpha value is -4.10. The molecule has 52 heavy (non-hydrogen) atoms. The lowest BCUT2D eigenvalue weighted by Gasteiger charge is -2.33. The summed E-state index contributed by atoms with van der Waals surface area (Å²) in [4.78, 5) is 15.0. The fourth-order valence-electron chi connectivity index (χ4n) is 6.15. The molecule has 1 aromatic heterocycles. The Balaban J connectivity index is 1.82. The molecule has 2 unspecified atom stereocenters. The van der Waals surface area contributed by atoms with Gasteiger partial charge in [-0.25, -0.2) is 4.79 Å². The van der Waals surface area contributed by atoms with Crippen LogP contribution in [0.3, 0.4) is 0 Å². The van der Waals surface area contributed by atoms with Crippen molar-refractivity contribution in [2.45, 2.75) is 113 Å².